The maximum atomic E-state index is 11.0. The van der Waals surface area contributed by atoms with E-state index in [1.165, 1.54) is 18.9 Å². The minimum atomic E-state index is -0.412. The summed E-state index contributed by atoms with van der Waals surface area (Å²) < 4.78 is 0.611. The first-order chi connectivity index (χ1) is 9.08. The van der Waals surface area contributed by atoms with E-state index in [9.17, 15) is 10.1 Å². The van der Waals surface area contributed by atoms with Gasteiger partial charge in [-0.05, 0) is 42.4 Å². The number of hydrogen-bond acceptors (Lipinski definition) is 5. The molecule has 1 aliphatic rings. The van der Waals surface area contributed by atoms with Crippen molar-refractivity contribution in [2.45, 2.75) is 25.3 Å². The van der Waals surface area contributed by atoms with Crippen molar-refractivity contribution in [2.24, 2.45) is 0 Å². The van der Waals surface area contributed by atoms with Crippen LogP contribution in [-0.2, 0) is 0 Å². The van der Waals surface area contributed by atoms with Crippen molar-refractivity contribution in [3.63, 3.8) is 0 Å². The van der Waals surface area contributed by atoms with Gasteiger partial charge in [0.25, 0.3) is 0 Å². The van der Waals surface area contributed by atoms with Crippen LogP contribution in [0.2, 0.25) is 0 Å². The topological polar surface area (TPSA) is 71.3 Å². The van der Waals surface area contributed by atoms with Crippen molar-refractivity contribution < 1.29 is 4.92 Å². The molecule has 0 aliphatic carbocycles. The third-order valence-corrected chi connectivity index (χ3v) is 3.89. The van der Waals surface area contributed by atoms with Crippen molar-refractivity contribution in [3.8, 4) is 0 Å². The van der Waals surface area contributed by atoms with E-state index < -0.39 is 4.92 Å². The molecule has 7 heteroatoms. The Bertz CT molecular complexity index is 469. The quantitative estimate of drug-likeness (QED) is 0.679. The molecule has 104 valence electrons. The van der Waals surface area contributed by atoms with Crippen molar-refractivity contribution in [2.75, 3.05) is 25.5 Å². The highest BCUT2D eigenvalue weighted by atomic mass is 79.9. The predicted octanol–water partition coefficient (Wildman–Crippen LogP) is 2.65. The maximum Gasteiger partial charge on any atom is 0.312 e. The number of piperidine rings is 1. The number of aromatic nitrogens is 1. The molecule has 1 aliphatic heterocycles. The molecule has 1 unspecified atom stereocenters. The summed E-state index contributed by atoms with van der Waals surface area (Å²) in [5.41, 5.74) is 0.00726. The lowest BCUT2D eigenvalue weighted by Gasteiger charge is -2.32. The Balaban J connectivity index is 2.04. The summed E-state index contributed by atoms with van der Waals surface area (Å²) in [5.74, 6) is 0.340. The Morgan fingerprint density at radius 2 is 2.42 bits per heavy atom. The smallest absolute Gasteiger partial charge is 0.312 e. The molecule has 6 nitrogen and oxygen atoms in total. The number of likely N-dealkylation sites (tertiary alicyclic amines) is 1. The van der Waals surface area contributed by atoms with E-state index in [1.807, 2.05) is 0 Å². The molecule has 0 amide bonds. The molecular formula is C12H17BrN4O2. The fraction of sp³-hybridized carbons (Fsp3) is 0.583. The summed E-state index contributed by atoms with van der Waals surface area (Å²) in [7, 11) is 2.09. The number of pyridine rings is 1. The van der Waals surface area contributed by atoms with Gasteiger partial charge in [-0.1, -0.05) is 6.42 Å². The molecule has 1 fully saturated rings. The molecule has 0 aromatic carbocycles. The molecule has 2 rings (SSSR count). The summed E-state index contributed by atoms with van der Waals surface area (Å²) in [5, 5.41) is 14.1. The van der Waals surface area contributed by atoms with Gasteiger partial charge in [-0.15, -0.1) is 0 Å². The van der Waals surface area contributed by atoms with Crippen LogP contribution < -0.4 is 5.32 Å². The molecule has 0 spiro atoms. The summed E-state index contributed by atoms with van der Waals surface area (Å²) in [6.45, 7) is 1.77. The van der Waals surface area contributed by atoms with E-state index in [0.717, 1.165) is 13.0 Å². The largest absolute Gasteiger partial charge is 0.363 e. The van der Waals surface area contributed by atoms with Crippen LogP contribution >= 0.6 is 15.9 Å². The molecule has 1 aromatic rings. The number of hydrogen-bond donors (Lipinski definition) is 1. The zero-order chi connectivity index (χ0) is 13.8. The van der Waals surface area contributed by atoms with Crippen molar-refractivity contribution in [3.05, 3.63) is 26.9 Å². The average Bonchev–Trinajstić information content (AvgIpc) is 2.38. The van der Waals surface area contributed by atoms with E-state index >= 15 is 0 Å². The highest BCUT2D eigenvalue weighted by molar-refractivity contribution is 9.10. The fourth-order valence-electron chi connectivity index (χ4n) is 2.32. The van der Waals surface area contributed by atoms with Gasteiger partial charge in [-0.25, -0.2) is 4.98 Å². The number of likely N-dealkylation sites (N-methyl/N-ethyl adjacent to an activating group) is 1. The minimum Gasteiger partial charge on any atom is -0.363 e. The lowest BCUT2D eigenvalue weighted by molar-refractivity contribution is -0.384. The van der Waals surface area contributed by atoms with E-state index in [-0.39, 0.29) is 5.69 Å². The summed E-state index contributed by atoms with van der Waals surface area (Å²) in [6, 6.07) is 1.89. The van der Waals surface area contributed by atoms with E-state index in [2.05, 4.69) is 38.2 Å². The monoisotopic (exact) mass is 328 g/mol. The zero-order valence-corrected chi connectivity index (χ0v) is 12.4. The fourth-order valence-corrected chi connectivity index (χ4v) is 2.64. The van der Waals surface area contributed by atoms with Gasteiger partial charge in [0.1, 0.15) is 0 Å². The first kappa shape index (κ1) is 14.2. The number of nitrogens with zero attached hydrogens (tertiary/aromatic N) is 3. The number of rotatable bonds is 4. The van der Waals surface area contributed by atoms with Gasteiger partial charge in [0, 0.05) is 29.3 Å². The molecule has 2 heterocycles. The van der Waals surface area contributed by atoms with E-state index in [0.29, 0.717) is 22.9 Å². The van der Waals surface area contributed by atoms with Gasteiger partial charge in [0.05, 0.1) is 4.92 Å². The number of halogens is 1. The Hall–Kier alpha value is -1.21. The van der Waals surface area contributed by atoms with E-state index in [1.54, 1.807) is 6.20 Å². The molecule has 1 aromatic heterocycles. The molecule has 1 N–H and O–H groups in total. The van der Waals surface area contributed by atoms with Crippen LogP contribution in [0, 0.1) is 10.1 Å². The lowest BCUT2D eigenvalue weighted by atomic mass is 10.0. The van der Waals surface area contributed by atoms with Crippen LogP contribution in [0.25, 0.3) is 0 Å². The molecular weight excluding hydrogens is 312 g/mol. The molecule has 0 bridgehead atoms. The van der Waals surface area contributed by atoms with Crippen LogP contribution in [0.15, 0.2) is 16.7 Å². The molecule has 1 atom stereocenters. The molecule has 1 saturated heterocycles. The zero-order valence-electron chi connectivity index (χ0n) is 10.8. The minimum absolute atomic E-state index is 0.00726. The van der Waals surface area contributed by atoms with Crippen LogP contribution in [0.4, 0.5) is 11.5 Å². The second kappa shape index (κ2) is 6.29. The van der Waals surface area contributed by atoms with Gasteiger partial charge in [-0.3, -0.25) is 10.1 Å². The van der Waals surface area contributed by atoms with Crippen molar-refractivity contribution in [1.29, 1.82) is 0 Å². The van der Waals surface area contributed by atoms with Crippen LogP contribution in [0.3, 0.4) is 0 Å². The second-order valence-electron chi connectivity index (χ2n) is 4.79. The summed E-state index contributed by atoms with van der Waals surface area (Å²) >= 11 is 3.20. The van der Waals surface area contributed by atoms with Gasteiger partial charge in [0.2, 0.25) is 5.82 Å². The van der Waals surface area contributed by atoms with Gasteiger partial charge in [0.15, 0.2) is 0 Å². The van der Waals surface area contributed by atoms with Crippen LogP contribution in [-0.4, -0.2) is 41.0 Å². The lowest BCUT2D eigenvalue weighted by Crippen LogP contribution is -2.40. The summed E-state index contributed by atoms with van der Waals surface area (Å²) in [4.78, 5) is 17.0. The number of nitrogens with one attached hydrogen (secondary N) is 1. The molecule has 0 radical (unpaired) electrons. The predicted molar refractivity (Wildman–Crippen MR) is 77.4 cm³/mol. The average molecular weight is 329 g/mol. The van der Waals surface area contributed by atoms with Gasteiger partial charge >= 0.3 is 5.69 Å². The number of anilines is 1. The van der Waals surface area contributed by atoms with Crippen LogP contribution in [0.1, 0.15) is 19.3 Å². The molecule has 19 heavy (non-hydrogen) atoms. The highest BCUT2D eigenvalue weighted by Crippen LogP contribution is 2.25. The first-order valence-electron chi connectivity index (χ1n) is 6.32. The SMILES string of the molecule is CN1CCCCC1CNc1ncc(Br)cc1[N+](=O)[O-]. The van der Waals surface area contributed by atoms with Crippen molar-refractivity contribution >= 4 is 27.4 Å². The second-order valence-corrected chi connectivity index (χ2v) is 5.71. The van der Waals surface area contributed by atoms with E-state index in [4.69, 9.17) is 0 Å². The van der Waals surface area contributed by atoms with Crippen molar-refractivity contribution in [1.82, 2.24) is 9.88 Å². The summed E-state index contributed by atoms with van der Waals surface area (Å²) in [6.07, 6.45) is 5.13. The van der Waals surface area contributed by atoms with Gasteiger partial charge < -0.3 is 10.2 Å². The Labute approximate surface area is 120 Å². The highest BCUT2D eigenvalue weighted by Gasteiger charge is 2.21. The van der Waals surface area contributed by atoms with Crippen LogP contribution in [0.5, 0.6) is 0 Å². The standard InChI is InChI=1S/C12H17BrN4O2/c1-16-5-3-2-4-10(16)8-15-12-11(17(18)19)6-9(13)7-14-12/h6-7,10H,2-5,8H2,1H3,(H,14,15). The normalized spacial score (nSPS) is 20.2. The Kier molecular flexibility index (Phi) is 4.71. The Morgan fingerprint density at radius 1 is 1.63 bits per heavy atom. The maximum absolute atomic E-state index is 11.0. The third-order valence-electron chi connectivity index (χ3n) is 3.46. The number of nitro groups is 1. The first-order valence-corrected chi connectivity index (χ1v) is 7.11. The van der Waals surface area contributed by atoms with Gasteiger partial charge in [-0.2, -0.15) is 0 Å². The Morgan fingerprint density at radius 3 is 3.11 bits per heavy atom. The molecule has 0 saturated carbocycles. The third kappa shape index (κ3) is 3.63.